The fraction of sp³-hybridized carbons (Fsp3) is 0.455. The quantitative estimate of drug-likeness (QED) is 0.546. The lowest BCUT2D eigenvalue weighted by molar-refractivity contribution is -0.385. The lowest BCUT2D eigenvalue weighted by Crippen LogP contribution is -1.97. The van der Waals surface area contributed by atoms with E-state index in [1.54, 1.807) is 12.1 Å². The number of hydrogen-bond acceptors (Lipinski definition) is 2. The van der Waals surface area contributed by atoms with Crippen molar-refractivity contribution < 1.29 is 4.92 Å². The summed E-state index contributed by atoms with van der Waals surface area (Å²) in [4.78, 5) is 10.3. The number of rotatable bonds is 3. The predicted octanol–water partition coefficient (Wildman–Crippen LogP) is 3.10. The summed E-state index contributed by atoms with van der Waals surface area (Å²) in [6.45, 7) is 6.10. The van der Waals surface area contributed by atoms with Crippen LogP contribution in [0.25, 0.3) is 0 Å². The molecule has 0 fully saturated rings. The first-order valence-corrected chi connectivity index (χ1v) is 4.74. The van der Waals surface area contributed by atoms with E-state index in [2.05, 4.69) is 13.8 Å². The fourth-order valence-electron chi connectivity index (χ4n) is 1.54. The molecule has 3 nitrogen and oxygen atoms in total. The third-order valence-corrected chi connectivity index (χ3v) is 1.98. The number of nitro groups is 1. The van der Waals surface area contributed by atoms with Crippen LogP contribution in [0.1, 0.15) is 25.0 Å². The van der Waals surface area contributed by atoms with Gasteiger partial charge in [-0.2, -0.15) is 0 Å². The minimum absolute atomic E-state index is 0.195. The molecule has 1 rings (SSSR count). The van der Waals surface area contributed by atoms with Crippen LogP contribution < -0.4 is 0 Å². The van der Waals surface area contributed by atoms with Crippen LogP contribution in [0, 0.1) is 23.0 Å². The maximum atomic E-state index is 10.6. The van der Waals surface area contributed by atoms with Crippen molar-refractivity contribution in [2.24, 2.45) is 5.92 Å². The summed E-state index contributed by atoms with van der Waals surface area (Å²) < 4.78 is 0. The molecule has 0 atom stereocenters. The van der Waals surface area contributed by atoms with Crippen LogP contribution in [0.2, 0.25) is 0 Å². The van der Waals surface area contributed by atoms with Gasteiger partial charge in [0.1, 0.15) is 0 Å². The van der Waals surface area contributed by atoms with Crippen LogP contribution in [0.15, 0.2) is 18.2 Å². The van der Waals surface area contributed by atoms with E-state index < -0.39 is 0 Å². The lowest BCUT2D eigenvalue weighted by atomic mass is 10.0. The smallest absolute Gasteiger partial charge is 0.258 e. The third kappa shape index (κ3) is 2.83. The molecule has 14 heavy (non-hydrogen) atoms. The van der Waals surface area contributed by atoms with E-state index in [-0.39, 0.29) is 10.6 Å². The Balaban J connectivity index is 3.01. The molecule has 1 aromatic rings. The Kier molecular flexibility index (Phi) is 3.23. The molecule has 0 N–H and O–H groups in total. The van der Waals surface area contributed by atoms with Crippen molar-refractivity contribution in [3.05, 3.63) is 39.4 Å². The van der Waals surface area contributed by atoms with Crippen molar-refractivity contribution in [1.82, 2.24) is 0 Å². The molecular formula is C11H15NO2. The fourth-order valence-corrected chi connectivity index (χ4v) is 1.54. The number of benzene rings is 1. The van der Waals surface area contributed by atoms with Crippen LogP contribution in [0.5, 0.6) is 0 Å². The molecule has 0 heterocycles. The molecule has 0 aliphatic rings. The van der Waals surface area contributed by atoms with Crippen LogP contribution >= 0.6 is 0 Å². The summed E-state index contributed by atoms with van der Waals surface area (Å²) >= 11 is 0. The summed E-state index contributed by atoms with van der Waals surface area (Å²) in [6, 6.07) is 5.27. The second-order valence-electron chi connectivity index (χ2n) is 4.03. The van der Waals surface area contributed by atoms with Crippen molar-refractivity contribution in [2.45, 2.75) is 27.2 Å². The average molecular weight is 193 g/mol. The highest BCUT2D eigenvalue weighted by Gasteiger charge is 2.08. The van der Waals surface area contributed by atoms with E-state index in [1.807, 2.05) is 13.0 Å². The SMILES string of the molecule is Cc1cc(CC(C)C)cc([N+](=O)[O-])c1. The van der Waals surface area contributed by atoms with Gasteiger partial charge in [0.2, 0.25) is 0 Å². The minimum Gasteiger partial charge on any atom is -0.258 e. The predicted molar refractivity (Wildman–Crippen MR) is 56.4 cm³/mol. The summed E-state index contributed by atoms with van der Waals surface area (Å²) in [5, 5.41) is 10.6. The van der Waals surface area contributed by atoms with E-state index in [0.717, 1.165) is 17.5 Å². The normalized spacial score (nSPS) is 10.6. The molecule has 0 aliphatic carbocycles. The van der Waals surface area contributed by atoms with Gasteiger partial charge in [0.15, 0.2) is 0 Å². The Hall–Kier alpha value is -1.38. The highest BCUT2D eigenvalue weighted by atomic mass is 16.6. The monoisotopic (exact) mass is 193 g/mol. The van der Waals surface area contributed by atoms with Gasteiger partial charge in [-0.25, -0.2) is 0 Å². The van der Waals surface area contributed by atoms with Gasteiger partial charge in [-0.3, -0.25) is 10.1 Å². The number of nitro benzene ring substituents is 1. The Morgan fingerprint density at radius 3 is 2.50 bits per heavy atom. The average Bonchev–Trinajstić information content (AvgIpc) is 2.01. The molecule has 0 spiro atoms. The van der Waals surface area contributed by atoms with Gasteiger partial charge in [0, 0.05) is 12.1 Å². The summed E-state index contributed by atoms with van der Waals surface area (Å²) in [7, 11) is 0. The molecule has 0 aromatic heterocycles. The van der Waals surface area contributed by atoms with E-state index >= 15 is 0 Å². The Morgan fingerprint density at radius 2 is 2.00 bits per heavy atom. The van der Waals surface area contributed by atoms with Gasteiger partial charge in [-0.05, 0) is 30.4 Å². The van der Waals surface area contributed by atoms with Gasteiger partial charge >= 0.3 is 0 Å². The van der Waals surface area contributed by atoms with Crippen molar-refractivity contribution in [3.8, 4) is 0 Å². The molecule has 0 unspecified atom stereocenters. The Labute approximate surface area is 83.9 Å². The minimum atomic E-state index is -0.336. The zero-order valence-electron chi connectivity index (χ0n) is 8.78. The first-order valence-electron chi connectivity index (χ1n) is 4.74. The molecule has 76 valence electrons. The summed E-state index contributed by atoms with van der Waals surface area (Å²) in [5.41, 5.74) is 2.20. The lowest BCUT2D eigenvalue weighted by Gasteiger charge is -2.05. The number of non-ortho nitro benzene ring substituents is 1. The highest BCUT2D eigenvalue weighted by Crippen LogP contribution is 2.18. The van der Waals surface area contributed by atoms with Crippen LogP contribution in [0.4, 0.5) is 5.69 Å². The molecular weight excluding hydrogens is 178 g/mol. The molecule has 1 aromatic carbocycles. The number of aryl methyl sites for hydroxylation is 1. The van der Waals surface area contributed by atoms with Gasteiger partial charge in [-0.15, -0.1) is 0 Å². The van der Waals surface area contributed by atoms with E-state index in [1.165, 1.54) is 0 Å². The van der Waals surface area contributed by atoms with Crippen molar-refractivity contribution in [2.75, 3.05) is 0 Å². The van der Waals surface area contributed by atoms with Crippen LogP contribution in [-0.4, -0.2) is 4.92 Å². The van der Waals surface area contributed by atoms with Crippen LogP contribution in [0.3, 0.4) is 0 Å². The largest absolute Gasteiger partial charge is 0.269 e. The molecule has 0 bridgehead atoms. The van der Waals surface area contributed by atoms with E-state index in [4.69, 9.17) is 0 Å². The Morgan fingerprint density at radius 1 is 1.36 bits per heavy atom. The van der Waals surface area contributed by atoms with Crippen molar-refractivity contribution in [3.63, 3.8) is 0 Å². The topological polar surface area (TPSA) is 43.1 Å². The van der Waals surface area contributed by atoms with Crippen molar-refractivity contribution in [1.29, 1.82) is 0 Å². The highest BCUT2D eigenvalue weighted by molar-refractivity contribution is 5.38. The van der Waals surface area contributed by atoms with Gasteiger partial charge in [-0.1, -0.05) is 19.9 Å². The zero-order chi connectivity index (χ0) is 10.7. The molecule has 3 heteroatoms. The zero-order valence-corrected chi connectivity index (χ0v) is 8.78. The number of nitrogens with zero attached hydrogens (tertiary/aromatic N) is 1. The van der Waals surface area contributed by atoms with E-state index in [9.17, 15) is 10.1 Å². The van der Waals surface area contributed by atoms with Gasteiger partial charge in [0.25, 0.3) is 5.69 Å². The summed E-state index contributed by atoms with van der Waals surface area (Å²) in [6.07, 6.45) is 0.891. The standard InChI is InChI=1S/C11H15NO2/c1-8(2)4-10-5-9(3)6-11(7-10)12(13)14/h5-8H,4H2,1-3H3. The second kappa shape index (κ2) is 4.22. The second-order valence-corrected chi connectivity index (χ2v) is 4.03. The first kappa shape index (κ1) is 10.7. The molecule has 0 aliphatic heterocycles. The number of hydrogen-bond donors (Lipinski definition) is 0. The third-order valence-electron chi connectivity index (χ3n) is 1.98. The van der Waals surface area contributed by atoms with E-state index in [0.29, 0.717) is 5.92 Å². The van der Waals surface area contributed by atoms with Gasteiger partial charge < -0.3 is 0 Å². The van der Waals surface area contributed by atoms with Gasteiger partial charge in [0.05, 0.1) is 4.92 Å². The van der Waals surface area contributed by atoms with Crippen LogP contribution in [-0.2, 0) is 6.42 Å². The maximum absolute atomic E-state index is 10.6. The van der Waals surface area contributed by atoms with Crippen molar-refractivity contribution >= 4 is 5.69 Å². The first-order chi connectivity index (χ1) is 6.49. The summed E-state index contributed by atoms with van der Waals surface area (Å²) in [5.74, 6) is 0.524. The molecule has 0 saturated carbocycles. The maximum Gasteiger partial charge on any atom is 0.269 e. The Bertz CT molecular complexity index is 345. The molecule has 0 radical (unpaired) electrons. The molecule has 0 amide bonds. The molecule has 0 saturated heterocycles.